The lowest BCUT2D eigenvalue weighted by atomic mass is 10.1. The molecule has 0 radical (unpaired) electrons. The Bertz CT molecular complexity index is 164. The smallest absolute Gasteiger partial charge is 0.123 e. The summed E-state index contributed by atoms with van der Waals surface area (Å²) in [5.41, 5.74) is -0.264. The quantitative estimate of drug-likeness (QED) is 0.333. The number of ether oxygens (including phenoxy) is 1. The van der Waals surface area contributed by atoms with Crippen LogP contribution in [0.4, 0.5) is 0 Å². The van der Waals surface area contributed by atoms with Crippen LogP contribution in [0.1, 0.15) is 33.6 Å². The van der Waals surface area contributed by atoms with E-state index in [0.29, 0.717) is 0 Å². The number of rotatable bonds is 4. The zero-order chi connectivity index (χ0) is 9.45. The highest BCUT2D eigenvalue weighted by atomic mass is 127. The van der Waals surface area contributed by atoms with Crippen molar-refractivity contribution in [3.63, 3.8) is 0 Å². The van der Waals surface area contributed by atoms with Gasteiger partial charge in [0.25, 0.3) is 0 Å². The predicted molar refractivity (Wildman–Crippen MR) is 61.6 cm³/mol. The normalized spacial score (nSPS) is 10.7. The van der Waals surface area contributed by atoms with Crippen molar-refractivity contribution in [1.29, 1.82) is 0 Å². The maximum Gasteiger partial charge on any atom is 0.123 e. The highest BCUT2D eigenvalue weighted by Gasteiger charge is 2.13. The molecular formula is C10H17IO. The highest BCUT2D eigenvalue weighted by Crippen LogP contribution is 2.08. The highest BCUT2D eigenvalue weighted by molar-refractivity contribution is 14.1. The van der Waals surface area contributed by atoms with Gasteiger partial charge in [0.1, 0.15) is 5.60 Å². The minimum atomic E-state index is -0.264. The van der Waals surface area contributed by atoms with Gasteiger partial charge in [0.2, 0.25) is 0 Å². The average Bonchev–Trinajstić information content (AvgIpc) is 2.01. The van der Waals surface area contributed by atoms with Gasteiger partial charge in [-0.2, -0.15) is 0 Å². The summed E-state index contributed by atoms with van der Waals surface area (Å²) in [6.07, 6.45) is 2.30. The van der Waals surface area contributed by atoms with Crippen LogP contribution in [-0.2, 0) is 4.74 Å². The maximum absolute atomic E-state index is 5.60. The van der Waals surface area contributed by atoms with E-state index in [2.05, 4.69) is 41.4 Å². The molecule has 0 aliphatic heterocycles. The summed E-state index contributed by atoms with van der Waals surface area (Å²) in [7, 11) is 0. The molecule has 0 aromatic carbocycles. The number of alkyl halides is 1. The molecular weight excluding hydrogens is 263 g/mol. The Morgan fingerprint density at radius 2 is 2.08 bits per heavy atom. The first-order valence-electron chi connectivity index (χ1n) is 4.32. The molecule has 0 N–H and O–H groups in total. The molecule has 0 heterocycles. The summed E-state index contributed by atoms with van der Waals surface area (Å²) < 4.78 is 6.47. The number of halogens is 1. The second-order valence-electron chi connectivity index (χ2n) is 3.15. The molecule has 12 heavy (non-hydrogen) atoms. The van der Waals surface area contributed by atoms with Crippen molar-refractivity contribution >= 4 is 22.6 Å². The summed E-state index contributed by atoms with van der Waals surface area (Å²) in [5, 5.41) is 0. The van der Waals surface area contributed by atoms with Crippen molar-refractivity contribution in [1.82, 2.24) is 0 Å². The third-order valence-electron chi connectivity index (χ3n) is 1.42. The SMILES string of the molecule is CCCCOC(C)(C)C#CCI. The molecule has 0 saturated heterocycles. The third-order valence-corrected chi connectivity index (χ3v) is 1.80. The third kappa shape index (κ3) is 6.93. The topological polar surface area (TPSA) is 9.23 Å². The Morgan fingerprint density at radius 1 is 1.42 bits per heavy atom. The van der Waals surface area contributed by atoms with Crippen LogP contribution >= 0.6 is 22.6 Å². The van der Waals surface area contributed by atoms with Crippen molar-refractivity contribution < 1.29 is 4.74 Å². The van der Waals surface area contributed by atoms with E-state index in [1.807, 2.05) is 13.8 Å². The molecule has 0 aromatic rings. The summed E-state index contributed by atoms with van der Waals surface area (Å²) in [6, 6.07) is 0. The van der Waals surface area contributed by atoms with Gasteiger partial charge in [-0.15, -0.1) is 0 Å². The molecule has 0 bridgehead atoms. The lowest BCUT2D eigenvalue weighted by Gasteiger charge is -2.18. The molecule has 0 aliphatic carbocycles. The van der Waals surface area contributed by atoms with Crippen LogP contribution in [0.2, 0.25) is 0 Å². The molecule has 0 saturated carbocycles. The Kier molecular flexibility index (Phi) is 6.87. The molecule has 0 unspecified atom stereocenters. The van der Waals surface area contributed by atoms with Gasteiger partial charge in [-0.25, -0.2) is 0 Å². The van der Waals surface area contributed by atoms with E-state index < -0.39 is 0 Å². The average molecular weight is 280 g/mol. The molecule has 0 amide bonds. The number of hydrogen-bond donors (Lipinski definition) is 0. The van der Waals surface area contributed by atoms with Crippen LogP contribution < -0.4 is 0 Å². The van der Waals surface area contributed by atoms with Crippen LogP contribution in [0, 0.1) is 11.8 Å². The lowest BCUT2D eigenvalue weighted by molar-refractivity contribution is 0.0254. The second kappa shape index (κ2) is 6.73. The van der Waals surface area contributed by atoms with Crippen molar-refractivity contribution in [2.24, 2.45) is 0 Å². The summed E-state index contributed by atoms with van der Waals surface area (Å²) >= 11 is 2.24. The molecule has 0 rings (SSSR count). The van der Waals surface area contributed by atoms with Crippen LogP contribution in [0.3, 0.4) is 0 Å². The lowest BCUT2D eigenvalue weighted by Crippen LogP contribution is -2.22. The van der Waals surface area contributed by atoms with Gasteiger partial charge in [-0.3, -0.25) is 0 Å². The standard InChI is InChI=1S/C10H17IO/c1-4-5-9-12-10(2,3)7-6-8-11/h4-5,8-9H2,1-3H3. The molecule has 2 heteroatoms. The zero-order valence-electron chi connectivity index (χ0n) is 8.11. The van der Waals surface area contributed by atoms with E-state index >= 15 is 0 Å². The van der Waals surface area contributed by atoms with Gasteiger partial charge in [0.15, 0.2) is 0 Å². The van der Waals surface area contributed by atoms with Gasteiger partial charge in [0.05, 0.1) is 4.43 Å². The van der Waals surface area contributed by atoms with E-state index in [4.69, 9.17) is 4.74 Å². The molecule has 0 atom stereocenters. The number of hydrogen-bond acceptors (Lipinski definition) is 1. The Labute approximate surface area is 89.4 Å². The van der Waals surface area contributed by atoms with Gasteiger partial charge < -0.3 is 4.74 Å². The van der Waals surface area contributed by atoms with Gasteiger partial charge >= 0.3 is 0 Å². The minimum absolute atomic E-state index is 0.264. The fourth-order valence-electron chi connectivity index (χ4n) is 0.754. The Morgan fingerprint density at radius 3 is 2.58 bits per heavy atom. The molecule has 0 aromatic heterocycles. The zero-order valence-corrected chi connectivity index (χ0v) is 10.3. The van der Waals surface area contributed by atoms with E-state index in [9.17, 15) is 0 Å². The van der Waals surface area contributed by atoms with Crippen molar-refractivity contribution in [3.8, 4) is 11.8 Å². The first-order chi connectivity index (χ1) is 5.62. The fraction of sp³-hybridized carbons (Fsp3) is 0.800. The van der Waals surface area contributed by atoms with Crippen LogP contribution in [-0.4, -0.2) is 16.6 Å². The maximum atomic E-state index is 5.60. The fourth-order valence-corrected chi connectivity index (χ4v) is 0.945. The summed E-state index contributed by atoms with van der Waals surface area (Å²) in [6.45, 7) is 7.01. The van der Waals surface area contributed by atoms with Gasteiger partial charge in [0, 0.05) is 6.61 Å². The predicted octanol–water partition coefficient (Wildman–Crippen LogP) is 3.02. The van der Waals surface area contributed by atoms with E-state index in [1.54, 1.807) is 0 Å². The molecule has 0 fully saturated rings. The second-order valence-corrected chi connectivity index (χ2v) is 3.91. The first kappa shape index (κ1) is 12.2. The van der Waals surface area contributed by atoms with Gasteiger partial charge in [-0.05, 0) is 20.3 Å². The van der Waals surface area contributed by atoms with Crippen molar-refractivity contribution in [3.05, 3.63) is 0 Å². The summed E-state index contributed by atoms with van der Waals surface area (Å²) in [5.74, 6) is 6.11. The minimum Gasteiger partial charge on any atom is -0.363 e. The Balaban J connectivity index is 3.71. The molecule has 1 nitrogen and oxygen atoms in total. The van der Waals surface area contributed by atoms with Crippen LogP contribution in [0.5, 0.6) is 0 Å². The van der Waals surface area contributed by atoms with E-state index in [-0.39, 0.29) is 5.60 Å². The van der Waals surface area contributed by atoms with Crippen LogP contribution in [0.15, 0.2) is 0 Å². The molecule has 0 aliphatic rings. The molecule has 70 valence electrons. The van der Waals surface area contributed by atoms with E-state index in [1.165, 1.54) is 6.42 Å². The van der Waals surface area contributed by atoms with Crippen molar-refractivity contribution in [2.75, 3.05) is 11.0 Å². The first-order valence-corrected chi connectivity index (χ1v) is 5.85. The van der Waals surface area contributed by atoms with Gasteiger partial charge in [-0.1, -0.05) is 47.8 Å². The van der Waals surface area contributed by atoms with E-state index in [0.717, 1.165) is 17.5 Å². The number of unbranched alkanes of at least 4 members (excludes halogenated alkanes) is 1. The summed E-state index contributed by atoms with van der Waals surface area (Å²) in [4.78, 5) is 0. The Hall–Kier alpha value is 0.250. The van der Waals surface area contributed by atoms with Crippen LogP contribution in [0.25, 0.3) is 0 Å². The largest absolute Gasteiger partial charge is 0.363 e. The molecule has 0 spiro atoms. The van der Waals surface area contributed by atoms with Crippen molar-refractivity contribution in [2.45, 2.75) is 39.2 Å². The monoisotopic (exact) mass is 280 g/mol.